The number of rotatable bonds is 22. The maximum atomic E-state index is 12.2. The number of carbonyl (C=O) groups is 2. The van der Waals surface area contributed by atoms with Gasteiger partial charge in [-0.2, -0.15) is 0 Å². The van der Waals surface area contributed by atoms with E-state index in [4.69, 9.17) is 0 Å². The molecule has 1 aromatic rings. The summed E-state index contributed by atoms with van der Waals surface area (Å²) in [7, 11) is 0. The number of unbranched alkanes of at least 4 members (excludes halogenated alkanes) is 16. The summed E-state index contributed by atoms with van der Waals surface area (Å²) in [5, 5.41) is 12.1. The predicted molar refractivity (Wildman–Crippen MR) is 159 cm³/mol. The van der Waals surface area contributed by atoms with Crippen molar-refractivity contribution in [1.82, 2.24) is 5.32 Å². The molecule has 0 spiro atoms. The van der Waals surface area contributed by atoms with Gasteiger partial charge in [0, 0.05) is 25.7 Å². The highest BCUT2D eigenvalue weighted by Crippen LogP contribution is 2.11. The van der Waals surface area contributed by atoms with Crippen LogP contribution >= 0.6 is 0 Å². The minimum atomic E-state index is -0.995. The molecule has 0 bridgehead atoms. The molecule has 0 aromatic heterocycles. The van der Waals surface area contributed by atoms with E-state index in [1.54, 1.807) is 0 Å². The van der Waals surface area contributed by atoms with Crippen LogP contribution in [0, 0.1) is 23.7 Å². The summed E-state index contributed by atoms with van der Waals surface area (Å²) in [6, 6.07) is 8.51. The number of carbonyl (C=O) groups excluding carboxylic acids is 1. The summed E-state index contributed by atoms with van der Waals surface area (Å²) in [5.74, 6) is 11.1. The van der Waals surface area contributed by atoms with Crippen molar-refractivity contribution in [2.24, 2.45) is 0 Å². The summed E-state index contributed by atoms with van der Waals surface area (Å²) in [6.07, 6.45) is 22.3. The molecule has 1 aromatic carbocycles. The molecule has 2 N–H and O–H groups in total. The van der Waals surface area contributed by atoms with Crippen molar-refractivity contribution in [2.45, 2.75) is 141 Å². The molecule has 0 saturated heterocycles. The highest BCUT2D eigenvalue weighted by Gasteiger charge is 2.19. The minimum absolute atomic E-state index is 0.183. The molecule has 1 atom stereocenters. The first-order valence-electron chi connectivity index (χ1n) is 15.1. The number of carboxylic acid groups (broad SMARTS) is 1. The molecule has 0 aliphatic heterocycles. The summed E-state index contributed by atoms with van der Waals surface area (Å²) in [4.78, 5) is 23.6. The number of aliphatic carboxylic acids is 1. The first-order chi connectivity index (χ1) is 18.6. The Hall–Kier alpha value is -2.72. The molecule has 4 heteroatoms. The average Bonchev–Trinajstić information content (AvgIpc) is 2.91. The number of hydrogen-bond donors (Lipinski definition) is 2. The quantitative estimate of drug-likeness (QED) is 0.119. The summed E-state index contributed by atoms with van der Waals surface area (Å²) < 4.78 is 0. The fourth-order valence-corrected chi connectivity index (χ4v) is 4.44. The van der Waals surface area contributed by atoms with Gasteiger partial charge in [0.15, 0.2) is 0 Å². The van der Waals surface area contributed by atoms with Gasteiger partial charge in [0.25, 0.3) is 0 Å². The van der Waals surface area contributed by atoms with E-state index in [9.17, 15) is 14.7 Å². The molecule has 0 saturated carbocycles. The van der Waals surface area contributed by atoms with Crippen molar-refractivity contribution < 1.29 is 14.7 Å². The Bertz CT molecular complexity index is 856. The molecule has 0 aliphatic rings. The zero-order valence-corrected chi connectivity index (χ0v) is 23.9. The molecule has 1 amide bonds. The lowest BCUT2D eigenvalue weighted by Gasteiger charge is -2.14. The summed E-state index contributed by atoms with van der Waals surface area (Å²) >= 11 is 0. The van der Waals surface area contributed by atoms with Crippen LogP contribution in [-0.2, 0) is 16.0 Å². The van der Waals surface area contributed by atoms with E-state index in [2.05, 4.69) is 35.9 Å². The molecule has 1 rings (SSSR count). The van der Waals surface area contributed by atoms with Crippen molar-refractivity contribution in [3.8, 4) is 23.7 Å². The molecule has 210 valence electrons. The lowest BCUT2D eigenvalue weighted by atomic mass is 10.1. The molecule has 0 fully saturated rings. The van der Waals surface area contributed by atoms with Crippen LogP contribution in [0.4, 0.5) is 0 Å². The van der Waals surface area contributed by atoms with Gasteiger partial charge in [-0.1, -0.05) is 133 Å². The lowest BCUT2D eigenvalue weighted by molar-refractivity contribution is -0.141. The van der Waals surface area contributed by atoms with Crippen LogP contribution < -0.4 is 5.32 Å². The van der Waals surface area contributed by atoms with E-state index < -0.39 is 12.0 Å². The van der Waals surface area contributed by atoms with Gasteiger partial charge >= 0.3 is 5.97 Å². The van der Waals surface area contributed by atoms with Crippen LogP contribution in [0.1, 0.15) is 134 Å². The van der Waals surface area contributed by atoms with Crippen LogP contribution in [0.25, 0.3) is 0 Å². The van der Waals surface area contributed by atoms with Gasteiger partial charge in [0.05, 0.1) is 0 Å². The molecule has 4 nitrogen and oxygen atoms in total. The Balaban J connectivity index is 1.93. The Morgan fingerprint density at radius 2 is 1.18 bits per heavy atom. The minimum Gasteiger partial charge on any atom is -0.480 e. The first-order valence-corrected chi connectivity index (χ1v) is 15.1. The Labute approximate surface area is 232 Å². The van der Waals surface area contributed by atoms with E-state index in [0.29, 0.717) is 12.8 Å². The van der Waals surface area contributed by atoms with Crippen LogP contribution in [-0.4, -0.2) is 23.0 Å². The zero-order chi connectivity index (χ0) is 27.5. The third kappa shape index (κ3) is 20.4. The molecular formula is C34H51NO3. The fourth-order valence-electron chi connectivity index (χ4n) is 4.44. The fraction of sp³-hybridized carbons (Fsp3) is 0.647. The third-order valence-electron chi connectivity index (χ3n) is 6.77. The van der Waals surface area contributed by atoms with Gasteiger partial charge in [-0.3, -0.25) is 4.79 Å². The molecule has 0 heterocycles. The SMILES string of the molecule is CCCCCCCCCCCCC#CC#CCCCCCCCCC(=O)N[C@@H](Cc1ccccc1)C(=O)O. The maximum Gasteiger partial charge on any atom is 0.326 e. The van der Waals surface area contributed by atoms with Gasteiger partial charge in [0.2, 0.25) is 5.91 Å². The lowest BCUT2D eigenvalue weighted by Crippen LogP contribution is -2.42. The number of hydrogen-bond acceptors (Lipinski definition) is 2. The standard InChI is InChI=1S/C34H51NO3/c1-2-3-4-5-6-7-8-9-10-11-12-13-14-15-16-17-18-19-20-21-22-26-29-33(36)35-32(34(37)38)30-31-27-24-23-25-28-31/h23-25,27-28,32H,2-12,17-22,26,29-30H2,1H3,(H,35,36)(H,37,38)/t32-/m0/s1. The summed E-state index contributed by atoms with van der Waals surface area (Å²) in [5.41, 5.74) is 0.904. The van der Waals surface area contributed by atoms with Gasteiger partial charge in [-0.15, -0.1) is 0 Å². The van der Waals surface area contributed by atoms with E-state index in [-0.39, 0.29) is 5.91 Å². The van der Waals surface area contributed by atoms with E-state index in [1.165, 1.54) is 64.2 Å². The first kappa shape index (κ1) is 33.3. The Kier molecular flexibility index (Phi) is 21.6. The van der Waals surface area contributed by atoms with Crippen molar-refractivity contribution in [3.05, 3.63) is 35.9 Å². The van der Waals surface area contributed by atoms with Gasteiger partial charge in [-0.25, -0.2) is 4.79 Å². The molecule has 0 radical (unpaired) electrons. The molecular weight excluding hydrogens is 470 g/mol. The van der Waals surface area contributed by atoms with E-state index in [0.717, 1.165) is 56.9 Å². The number of benzene rings is 1. The second-order valence-corrected chi connectivity index (χ2v) is 10.3. The molecule has 0 aliphatic carbocycles. The monoisotopic (exact) mass is 521 g/mol. The highest BCUT2D eigenvalue weighted by molar-refractivity contribution is 5.83. The van der Waals surface area contributed by atoms with Crippen LogP contribution in [0.3, 0.4) is 0 Å². The van der Waals surface area contributed by atoms with Crippen molar-refractivity contribution in [3.63, 3.8) is 0 Å². The third-order valence-corrected chi connectivity index (χ3v) is 6.77. The van der Waals surface area contributed by atoms with Crippen LogP contribution in [0.5, 0.6) is 0 Å². The van der Waals surface area contributed by atoms with Crippen LogP contribution in [0.15, 0.2) is 30.3 Å². The van der Waals surface area contributed by atoms with E-state index in [1.807, 2.05) is 30.3 Å². The second kappa shape index (κ2) is 24.6. The van der Waals surface area contributed by atoms with Crippen molar-refractivity contribution >= 4 is 11.9 Å². The van der Waals surface area contributed by atoms with Gasteiger partial charge in [-0.05, 0) is 36.7 Å². The summed E-state index contributed by atoms with van der Waals surface area (Å²) in [6.45, 7) is 2.27. The normalized spacial score (nSPS) is 11.1. The van der Waals surface area contributed by atoms with E-state index >= 15 is 0 Å². The average molecular weight is 522 g/mol. The number of nitrogens with one attached hydrogen (secondary N) is 1. The Morgan fingerprint density at radius 3 is 1.68 bits per heavy atom. The largest absolute Gasteiger partial charge is 0.480 e. The van der Waals surface area contributed by atoms with Gasteiger partial charge < -0.3 is 10.4 Å². The number of amides is 1. The predicted octanol–water partition coefficient (Wildman–Crippen LogP) is 8.24. The highest BCUT2D eigenvalue weighted by atomic mass is 16.4. The van der Waals surface area contributed by atoms with Crippen LogP contribution in [0.2, 0.25) is 0 Å². The van der Waals surface area contributed by atoms with Gasteiger partial charge in [0.1, 0.15) is 6.04 Å². The topological polar surface area (TPSA) is 66.4 Å². The maximum absolute atomic E-state index is 12.2. The van der Waals surface area contributed by atoms with Crippen molar-refractivity contribution in [2.75, 3.05) is 0 Å². The zero-order valence-electron chi connectivity index (χ0n) is 23.9. The second-order valence-electron chi connectivity index (χ2n) is 10.3. The molecule has 0 unspecified atom stereocenters. The molecule has 38 heavy (non-hydrogen) atoms. The number of carboxylic acids is 1. The van der Waals surface area contributed by atoms with Crippen molar-refractivity contribution in [1.29, 1.82) is 0 Å². The smallest absolute Gasteiger partial charge is 0.326 e. The Morgan fingerprint density at radius 1 is 0.711 bits per heavy atom.